The van der Waals surface area contributed by atoms with Gasteiger partial charge in [0, 0.05) is 43.1 Å². The lowest BCUT2D eigenvalue weighted by atomic mass is 10.1. The first-order valence-electron chi connectivity index (χ1n) is 6.93. The van der Waals surface area contributed by atoms with Crippen LogP contribution >= 0.6 is 0 Å². The van der Waals surface area contributed by atoms with Gasteiger partial charge in [0.25, 0.3) is 5.69 Å². The molecule has 0 saturated heterocycles. The molecule has 3 aromatic rings. The number of aromatic nitrogens is 1. The monoisotopic (exact) mass is 293 g/mol. The quantitative estimate of drug-likeness (QED) is 0.542. The van der Waals surface area contributed by atoms with Crippen molar-refractivity contribution in [2.45, 2.75) is 6.54 Å². The highest BCUT2D eigenvalue weighted by molar-refractivity contribution is 5.99. The van der Waals surface area contributed by atoms with Crippen molar-refractivity contribution in [2.75, 3.05) is 11.9 Å². The molecule has 0 saturated carbocycles. The summed E-state index contributed by atoms with van der Waals surface area (Å²) in [5, 5.41) is 12.5. The molecule has 5 nitrogen and oxygen atoms in total. The van der Waals surface area contributed by atoms with Gasteiger partial charge in [-0.25, -0.2) is 0 Å². The van der Waals surface area contributed by atoms with E-state index in [-0.39, 0.29) is 10.6 Å². The Labute approximate surface area is 128 Å². The van der Waals surface area contributed by atoms with E-state index >= 15 is 0 Å². The van der Waals surface area contributed by atoms with E-state index in [9.17, 15) is 10.1 Å². The van der Waals surface area contributed by atoms with E-state index in [0.29, 0.717) is 5.39 Å². The summed E-state index contributed by atoms with van der Waals surface area (Å²) in [6.45, 7) is 0.732. The van der Waals surface area contributed by atoms with Gasteiger partial charge in [-0.15, -0.1) is 0 Å². The Hall–Kier alpha value is -2.95. The molecular weight excluding hydrogens is 278 g/mol. The van der Waals surface area contributed by atoms with Crippen molar-refractivity contribution < 1.29 is 4.92 Å². The van der Waals surface area contributed by atoms with Crippen LogP contribution in [0.3, 0.4) is 0 Å². The molecule has 0 aliphatic rings. The summed E-state index contributed by atoms with van der Waals surface area (Å²) in [5.41, 5.74) is 2.22. The summed E-state index contributed by atoms with van der Waals surface area (Å²) < 4.78 is 0. The fraction of sp³-hybridized carbons (Fsp3) is 0.118. The second-order valence-corrected chi connectivity index (χ2v) is 5.12. The van der Waals surface area contributed by atoms with Crippen LogP contribution in [-0.4, -0.2) is 17.0 Å². The predicted molar refractivity (Wildman–Crippen MR) is 86.9 cm³/mol. The van der Waals surface area contributed by atoms with Crippen molar-refractivity contribution in [3.8, 4) is 0 Å². The lowest BCUT2D eigenvalue weighted by molar-refractivity contribution is -0.383. The van der Waals surface area contributed by atoms with Gasteiger partial charge in [0.1, 0.15) is 0 Å². The predicted octanol–water partition coefficient (Wildman–Crippen LogP) is 3.78. The summed E-state index contributed by atoms with van der Waals surface area (Å²) >= 11 is 0. The average molecular weight is 293 g/mol. The molecule has 3 rings (SSSR count). The molecule has 5 heteroatoms. The highest BCUT2D eigenvalue weighted by atomic mass is 16.6. The third-order valence-electron chi connectivity index (χ3n) is 3.64. The van der Waals surface area contributed by atoms with Crippen molar-refractivity contribution >= 4 is 22.1 Å². The maximum absolute atomic E-state index is 11.2. The maximum Gasteiger partial charge on any atom is 0.278 e. The zero-order valence-corrected chi connectivity index (χ0v) is 12.1. The van der Waals surface area contributed by atoms with Gasteiger partial charge in [-0.05, 0) is 17.7 Å². The van der Waals surface area contributed by atoms with E-state index in [0.717, 1.165) is 17.6 Å². The Bertz CT molecular complexity index is 819. The number of anilines is 1. The van der Waals surface area contributed by atoms with Crippen LogP contribution < -0.4 is 4.90 Å². The summed E-state index contributed by atoms with van der Waals surface area (Å²) in [7, 11) is 1.98. The molecular formula is C17H15N3O2. The SMILES string of the molecule is CN(Cc1ccccc1)c1ccc([N+](=O)[O-])c2cnccc12. The van der Waals surface area contributed by atoms with Gasteiger partial charge in [0.05, 0.1) is 10.3 Å². The fourth-order valence-corrected chi connectivity index (χ4v) is 2.59. The molecule has 0 atom stereocenters. The van der Waals surface area contributed by atoms with Crippen molar-refractivity contribution in [3.05, 3.63) is 76.6 Å². The topological polar surface area (TPSA) is 59.3 Å². The Balaban J connectivity index is 2.04. The number of fused-ring (bicyclic) bond motifs is 1. The third-order valence-corrected chi connectivity index (χ3v) is 3.64. The van der Waals surface area contributed by atoms with E-state index in [1.165, 1.54) is 5.56 Å². The number of rotatable bonds is 4. The molecule has 0 aliphatic carbocycles. The lowest BCUT2D eigenvalue weighted by Gasteiger charge is -2.21. The molecule has 0 aliphatic heterocycles. The summed E-state index contributed by atoms with van der Waals surface area (Å²) in [6, 6.07) is 15.3. The highest BCUT2D eigenvalue weighted by Gasteiger charge is 2.16. The Morgan fingerprint density at radius 2 is 1.86 bits per heavy atom. The Morgan fingerprint density at radius 3 is 2.59 bits per heavy atom. The second-order valence-electron chi connectivity index (χ2n) is 5.12. The smallest absolute Gasteiger partial charge is 0.278 e. The van der Waals surface area contributed by atoms with Gasteiger partial charge in [-0.1, -0.05) is 30.3 Å². The number of nitro benzene ring substituents is 1. The van der Waals surface area contributed by atoms with Gasteiger partial charge in [-0.3, -0.25) is 15.1 Å². The van der Waals surface area contributed by atoms with E-state index < -0.39 is 0 Å². The van der Waals surface area contributed by atoms with E-state index in [4.69, 9.17) is 0 Å². The van der Waals surface area contributed by atoms with Gasteiger partial charge >= 0.3 is 0 Å². The molecule has 1 heterocycles. The van der Waals surface area contributed by atoms with Crippen molar-refractivity contribution in [1.29, 1.82) is 0 Å². The van der Waals surface area contributed by atoms with Gasteiger partial charge in [-0.2, -0.15) is 0 Å². The van der Waals surface area contributed by atoms with Crippen LogP contribution in [0.5, 0.6) is 0 Å². The standard InChI is InChI=1S/C17H15N3O2/c1-19(12-13-5-3-2-4-6-13)16-7-8-17(20(21)22)15-11-18-10-9-14(15)16/h2-11H,12H2,1H3. The molecule has 0 amide bonds. The van der Waals surface area contributed by atoms with E-state index in [1.807, 2.05) is 31.3 Å². The van der Waals surface area contributed by atoms with E-state index in [2.05, 4.69) is 22.0 Å². The van der Waals surface area contributed by atoms with E-state index in [1.54, 1.807) is 24.5 Å². The average Bonchev–Trinajstić information content (AvgIpc) is 2.54. The molecule has 0 unspecified atom stereocenters. The third kappa shape index (κ3) is 2.61. The molecule has 22 heavy (non-hydrogen) atoms. The number of non-ortho nitro benzene ring substituents is 1. The summed E-state index contributed by atoms with van der Waals surface area (Å²) in [6.07, 6.45) is 3.21. The van der Waals surface area contributed by atoms with Gasteiger partial charge in [0.2, 0.25) is 0 Å². The molecule has 1 aromatic heterocycles. The molecule has 0 fully saturated rings. The van der Waals surface area contributed by atoms with Crippen LogP contribution in [0.15, 0.2) is 60.9 Å². The Morgan fingerprint density at radius 1 is 1.09 bits per heavy atom. The first kappa shape index (κ1) is 14.0. The number of nitrogens with zero attached hydrogens (tertiary/aromatic N) is 3. The minimum absolute atomic E-state index is 0.0833. The highest BCUT2D eigenvalue weighted by Crippen LogP contribution is 2.32. The summed E-state index contributed by atoms with van der Waals surface area (Å²) in [4.78, 5) is 16.9. The zero-order chi connectivity index (χ0) is 15.5. The van der Waals surface area contributed by atoms with Crippen molar-refractivity contribution in [2.24, 2.45) is 0 Å². The van der Waals surface area contributed by atoms with Crippen LogP contribution in [0.1, 0.15) is 5.56 Å². The van der Waals surface area contributed by atoms with Crippen LogP contribution in [0.4, 0.5) is 11.4 Å². The Kier molecular flexibility index (Phi) is 3.70. The van der Waals surface area contributed by atoms with Crippen molar-refractivity contribution in [1.82, 2.24) is 4.98 Å². The van der Waals surface area contributed by atoms with Crippen LogP contribution in [0, 0.1) is 10.1 Å². The van der Waals surface area contributed by atoms with Crippen LogP contribution in [-0.2, 0) is 6.54 Å². The summed E-state index contributed by atoms with van der Waals surface area (Å²) in [5.74, 6) is 0. The fourth-order valence-electron chi connectivity index (χ4n) is 2.59. The molecule has 0 spiro atoms. The van der Waals surface area contributed by atoms with Crippen LogP contribution in [0.2, 0.25) is 0 Å². The molecule has 0 N–H and O–H groups in total. The van der Waals surface area contributed by atoms with Crippen molar-refractivity contribution in [3.63, 3.8) is 0 Å². The molecule has 110 valence electrons. The number of nitro groups is 1. The molecule has 0 bridgehead atoms. The molecule has 2 aromatic carbocycles. The largest absolute Gasteiger partial charge is 0.370 e. The first-order chi connectivity index (χ1) is 10.7. The molecule has 0 radical (unpaired) electrons. The minimum Gasteiger partial charge on any atom is -0.370 e. The normalized spacial score (nSPS) is 10.6. The van der Waals surface area contributed by atoms with Gasteiger partial charge < -0.3 is 4.90 Å². The zero-order valence-electron chi connectivity index (χ0n) is 12.1. The van der Waals surface area contributed by atoms with Crippen LogP contribution in [0.25, 0.3) is 10.8 Å². The lowest BCUT2D eigenvalue weighted by Crippen LogP contribution is -2.16. The number of benzene rings is 2. The number of pyridine rings is 1. The maximum atomic E-state index is 11.2. The number of hydrogen-bond donors (Lipinski definition) is 0. The second kappa shape index (κ2) is 5.81. The number of hydrogen-bond acceptors (Lipinski definition) is 4. The van der Waals surface area contributed by atoms with Gasteiger partial charge in [0.15, 0.2) is 0 Å². The minimum atomic E-state index is -0.370. The first-order valence-corrected chi connectivity index (χ1v) is 6.93.